The molecule has 0 saturated carbocycles. The van der Waals surface area contributed by atoms with E-state index in [0.717, 1.165) is 5.75 Å². The van der Waals surface area contributed by atoms with Crippen LogP contribution in [0.2, 0.25) is 0 Å². The van der Waals surface area contributed by atoms with Crippen molar-refractivity contribution in [1.29, 1.82) is 0 Å². The van der Waals surface area contributed by atoms with E-state index in [2.05, 4.69) is 22.3 Å². The van der Waals surface area contributed by atoms with Gasteiger partial charge in [-0.2, -0.15) is 10.2 Å². The van der Waals surface area contributed by atoms with Gasteiger partial charge < -0.3 is 0 Å². The van der Waals surface area contributed by atoms with Crippen LogP contribution in [0.1, 0.15) is 5.56 Å². The maximum atomic E-state index is 4.00. The van der Waals surface area contributed by atoms with E-state index >= 15 is 0 Å². The van der Waals surface area contributed by atoms with Gasteiger partial charge in [0.05, 0.1) is 12.4 Å². The molecule has 1 aromatic heterocycles. The summed E-state index contributed by atoms with van der Waals surface area (Å²) in [5.74, 6) is 0.898. The Labute approximate surface area is 80.9 Å². The van der Waals surface area contributed by atoms with Gasteiger partial charge in [0.1, 0.15) is 0 Å². The standard InChI is InChI=1S/C9H9N3S/c1-2-4-9(5-3-1)8-13-12-10-6-7-11-12/h1-7H,8H2. The van der Waals surface area contributed by atoms with Gasteiger partial charge in [-0.05, 0) is 5.56 Å². The quantitative estimate of drug-likeness (QED) is 0.743. The number of benzene rings is 1. The second kappa shape index (κ2) is 4.09. The minimum atomic E-state index is 0.898. The van der Waals surface area contributed by atoms with Gasteiger partial charge in [-0.3, -0.25) is 0 Å². The fourth-order valence-electron chi connectivity index (χ4n) is 0.977. The first kappa shape index (κ1) is 8.31. The molecule has 0 N–H and O–H groups in total. The lowest BCUT2D eigenvalue weighted by Gasteiger charge is -1.98. The van der Waals surface area contributed by atoms with Crippen LogP contribution in [0.25, 0.3) is 0 Å². The topological polar surface area (TPSA) is 30.7 Å². The van der Waals surface area contributed by atoms with Gasteiger partial charge in [0.25, 0.3) is 0 Å². The molecule has 0 bridgehead atoms. The van der Waals surface area contributed by atoms with Crippen LogP contribution in [0, 0.1) is 0 Å². The fraction of sp³-hybridized carbons (Fsp3) is 0.111. The summed E-state index contributed by atoms with van der Waals surface area (Å²) in [5.41, 5.74) is 1.28. The van der Waals surface area contributed by atoms with Crippen molar-refractivity contribution in [3.05, 3.63) is 48.3 Å². The highest BCUT2D eigenvalue weighted by Crippen LogP contribution is 2.10. The van der Waals surface area contributed by atoms with Crippen LogP contribution in [0.15, 0.2) is 42.7 Å². The highest BCUT2D eigenvalue weighted by Gasteiger charge is 1.94. The van der Waals surface area contributed by atoms with Crippen molar-refractivity contribution >= 4 is 11.9 Å². The predicted octanol–water partition coefficient (Wildman–Crippen LogP) is 1.97. The Bertz CT molecular complexity index is 344. The minimum Gasteiger partial charge on any atom is -0.151 e. The normalized spacial score (nSPS) is 10.2. The Morgan fingerprint density at radius 3 is 2.46 bits per heavy atom. The van der Waals surface area contributed by atoms with Crippen LogP contribution in [0.3, 0.4) is 0 Å². The maximum Gasteiger partial charge on any atom is 0.0704 e. The van der Waals surface area contributed by atoms with Crippen LogP contribution in [0.4, 0.5) is 0 Å². The van der Waals surface area contributed by atoms with E-state index in [1.807, 2.05) is 18.2 Å². The van der Waals surface area contributed by atoms with E-state index in [-0.39, 0.29) is 0 Å². The maximum absolute atomic E-state index is 4.00. The molecule has 0 fully saturated rings. The summed E-state index contributed by atoms with van der Waals surface area (Å²) < 4.78 is 1.62. The largest absolute Gasteiger partial charge is 0.151 e. The summed E-state index contributed by atoms with van der Waals surface area (Å²) in [7, 11) is 0. The van der Waals surface area contributed by atoms with Crippen molar-refractivity contribution < 1.29 is 0 Å². The van der Waals surface area contributed by atoms with Crippen molar-refractivity contribution in [3.63, 3.8) is 0 Å². The van der Waals surface area contributed by atoms with Crippen molar-refractivity contribution in [2.75, 3.05) is 0 Å². The first-order valence-corrected chi connectivity index (χ1v) is 4.93. The van der Waals surface area contributed by atoms with Gasteiger partial charge in [-0.15, -0.1) is 4.20 Å². The summed E-state index contributed by atoms with van der Waals surface area (Å²) in [4.78, 5) is 0. The summed E-state index contributed by atoms with van der Waals surface area (Å²) in [5, 5.41) is 8.00. The van der Waals surface area contributed by atoms with E-state index in [4.69, 9.17) is 0 Å². The van der Waals surface area contributed by atoms with E-state index in [1.165, 1.54) is 5.56 Å². The Morgan fingerprint density at radius 2 is 1.77 bits per heavy atom. The van der Waals surface area contributed by atoms with E-state index in [1.54, 1.807) is 28.5 Å². The van der Waals surface area contributed by atoms with Crippen molar-refractivity contribution in [2.24, 2.45) is 0 Å². The third-order valence-corrected chi connectivity index (χ3v) is 2.47. The molecule has 4 heteroatoms. The molecule has 3 nitrogen and oxygen atoms in total. The number of hydrogen-bond donors (Lipinski definition) is 0. The zero-order valence-electron chi connectivity index (χ0n) is 7.00. The molecule has 13 heavy (non-hydrogen) atoms. The average molecular weight is 191 g/mol. The van der Waals surface area contributed by atoms with Gasteiger partial charge >= 0.3 is 0 Å². The van der Waals surface area contributed by atoms with E-state index < -0.39 is 0 Å². The highest BCUT2D eigenvalue weighted by atomic mass is 32.2. The monoisotopic (exact) mass is 191 g/mol. The lowest BCUT2D eigenvalue weighted by Crippen LogP contribution is -1.92. The van der Waals surface area contributed by atoms with Crippen LogP contribution >= 0.6 is 11.9 Å². The molecule has 0 radical (unpaired) electrons. The molecule has 1 aromatic carbocycles. The zero-order valence-corrected chi connectivity index (χ0v) is 7.81. The fourth-order valence-corrected chi connectivity index (χ4v) is 1.68. The molecule has 2 aromatic rings. The molecule has 0 aliphatic rings. The first-order valence-electron chi connectivity index (χ1n) is 3.99. The molecule has 1 heterocycles. The zero-order chi connectivity index (χ0) is 8.93. The average Bonchev–Trinajstić information content (AvgIpc) is 2.69. The summed E-state index contributed by atoms with van der Waals surface area (Å²) in [6.07, 6.45) is 3.36. The van der Waals surface area contributed by atoms with Gasteiger partial charge in [0, 0.05) is 17.7 Å². The predicted molar refractivity (Wildman–Crippen MR) is 53.2 cm³/mol. The van der Waals surface area contributed by atoms with Crippen LogP contribution in [-0.2, 0) is 5.75 Å². The molecule has 0 spiro atoms. The first-order chi connectivity index (χ1) is 6.45. The third-order valence-electron chi connectivity index (χ3n) is 1.59. The Hall–Kier alpha value is -1.29. The van der Waals surface area contributed by atoms with E-state index in [0.29, 0.717) is 0 Å². The highest BCUT2D eigenvalue weighted by molar-refractivity contribution is 7.96. The van der Waals surface area contributed by atoms with Crippen molar-refractivity contribution in [1.82, 2.24) is 14.4 Å². The molecule has 0 aliphatic heterocycles. The number of rotatable bonds is 3. The molecule has 2 rings (SSSR count). The Kier molecular flexibility index (Phi) is 2.62. The van der Waals surface area contributed by atoms with Crippen LogP contribution in [-0.4, -0.2) is 14.4 Å². The van der Waals surface area contributed by atoms with Crippen LogP contribution in [0.5, 0.6) is 0 Å². The van der Waals surface area contributed by atoms with Gasteiger partial charge in [-0.1, -0.05) is 30.3 Å². The lowest BCUT2D eigenvalue weighted by molar-refractivity contribution is 0.862. The molecule has 0 aliphatic carbocycles. The summed E-state index contributed by atoms with van der Waals surface area (Å²) in [6, 6.07) is 10.3. The van der Waals surface area contributed by atoms with Gasteiger partial charge in [-0.25, -0.2) is 0 Å². The number of hydrogen-bond acceptors (Lipinski definition) is 3. The molecule has 0 unspecified atom stereocenters. The smallest absolute Gasteiger partial charge is 0.0704 e. The summed E-state index contributed by atoms with van der Waals surface area (Å²) >= 11 is 1.57. The van der Waals surface area contributed by atoms with Crippen LogP contribution < -0.4 is 0 Å². The minimum absolute atomic E-state index is 0.898. The van der Waals surface area contributed by atoms with Gasteiger partial charge in [0.2, 0.25) is 0 Å². The van der Waals surface area contributed by atoms with Gasteiger partial charge in [0.15, 0.2) is 0 Å². The van der Waals surface area contributed by atoms with Crippen molar-refractivity contribution in [3.8, 4) is 0 Å². The SMILES string of the molecule is c1ccc(CSn2nccn2)cc1. The number of aromatic nitrogens is 3. The molecule has 0 saturated heterocycles. The van der Waals surface area contributed by atoms with E-state index in [9.17, 15) is 0 Å². The summed E-state index contributed by atoms with van der Waals surface area (Å²) in [6.45, 7) is 0. The third kappa shape index (κ3) is 2.32. The Morgan fingerprint density at radius 1 is 1.08 bits per heavy atom. The number of nitrogens with zero attached hydrogens (tertiary/aromatic N) is 3. The second-order valence-corrected chi connectivity index (χ2v) is 3.41. The Balaban J connectivity index is 1.94. The molecule has 0 amide bonds. The second-order valence-electron chi connectivity index (χ2n) is 2.54. The molecule has 66 valence electrons. The molecular weight excluding hydrogens is 182 g/mol. The van der Waals surface area contributed by atoms with Crippen molar-refractivity contribution in [2.45, 2.75) is 5.75 Å². The molecular formula is C9H9N3S. The lowest BCUT2D eigenvalue weighted by atomic mass is 10.2. The molecule has 0 atom stereocenters.